The van der Waals surface area contributed by atoms with Crippen LogP contribution in [0.5, 0.6) is 0 Å². The Morgan fingerprint density at radius 3 is 2.58 bits per heavy atom. The van der Waals surface area contributed by atoms with E-state index in [2.05, 4.69) is 16.7 Å². The van der Waals surface area contributed by atoms with Crippen molar-refractivity contribution in [1.82, 2.24) is 4.57 Å². The second kappa shape index (κ2) is 4.98. The largest absolute Gasteiger partial charge is 0.399 e. The van der Waals surface area contributed by atoms with Crippen LogP contribution < -0.4 is 5.73 Å². The number of hydrogen-bond acceptors (Lipinski definition) is 1. The van der Waals surface area contributed by atoms with Crippen LogP contribution in [-0.2, 0) is 13.0 Å². The van der Waals surface area contributed by atoms with E-state index in [-0.39, 0.29) is 0 Å². The molecule has 1 aromatic heterocycles. The first-order chi connectivity index (χ1) is 9.25. The average molecular weight is 271 g/mol. The molecule has 2 aromatic carbocycles. The Kier molecular flexibility index (Phi) is 3.18. The lowest BCUT2D eigenvalue weighted by Gasteiger charge is -2.07. The third kappa shape index (κ3) is 2.32. The van der Waals surface area contributed by atoms with E-state index in [0.717, 1.165) is 29.1 Å². The molecule has 0 bridgehead atoms. The fraction of sp³-hybridized carbons (Fsp3) is 0.125. The van der Waals surface area contributed by atoms with Crippen molar-refractivity contribution in [1.29, 1.82) is 0 Å². The topological polar surface area (TPSA) is 30.9 Å². The van der Waals surface area contributed by atoms with Gasteiger partial charge < -0.3 is 10.3 Å². The number of aryl methyl sites for hydroxylation is 2. The van der Waals surface area contributed by atoms with Crippen molar-refractivity contribution < 1.29 is 0 Å². The van der Waals surface area contributed by atoms with Crippen molar-refractivity contribution in [2.24, 2.45) is 0 Å². The Morgan fingerprint density at radius 1 is 1.00 bits per heavy atom. The van der Waals surface area contributed by atoms with Gasteiger partial charge in [0.15, 0.2) is 0 Å². The van der Waals surface area contributed by atoms with Gasteiger partial charge in [-0.25, -0.2) is 0 Å². The number of nitrogen functional groups attached to an aromatic ring is 1. The van der Waals surface area contributed by atoms with Gasteiger partial charge in [0.2, 0.25) is 0 Å². The zero-order valence-electron chi connectivity index (χ0n) is 10.5. The molecule has 3 heteroatoms. The molecule has 96 valence electrons. The van der Waals surface area contributed by atoms with Gasteiger partial charge in [0.1, 0.15) is 0 Å². The molecule has 0 aliphatic heterocycles. The molecule has 0 aliphatic carbocycles. The predicted octanol–water partition coefficient (Wildman–Crippen LogP) is 4.12. The SMILES string of the molecule is Nc1ccccc1CCn1cc(Cl)c2ccccc21. The van der Waals surface area contributed by atoms with Crippen LogP contribution in [0.3, 0.4) is 0 Å². The first-order valence-corrected chi connectivity index (χ1v) is 6.70. The van der Waals surface area contributed by atoms with Gasteiger partial charge in [-0.1, -0.05) is 48.0 Å². The summed E-state index contributed by atoms with van der Waals surface area (Å²) in [5, 5.41) is 1.90. The lowest BCUT2D eigenvalue weighted by atomic mass is 10.1. The van der Waals surface area contributed by atoms with Gasteiger partial charge in [-0.2, -0.15) is 0 Å². The normalized spacial score (nSPS) is 11.0. The smallest absolute Gasteiger partial charge is 0.0661 e. The first-order valence-electron chi connectivity index (χ1n) is 6.32. The van der Waals surface area contributed by atoms with E-state index in [1.807, 2.05) is 42.6 Å². The number of halogens is 1. The standard InChI is InChI=1S/C16H15ClN2/c17-14-11-19(16-8-4-2-6-13(14)16)10-9-12-5-1-3-7-15(12)18/h1-8,11H,9-10,18H2. The number of rotatable bonds is 3. The minimum absolute atomic E-state index is 0.802. The van der Waals surface area contributed by atoms with Gasteiger partial charge in [0.25, 0.3) is 0 Å². The minimum atomic E-state index is 0.802. The second-order valence-electron chi connectivity index (χ2n) is 4.64. The number of nitrogens with zero attached hydrogens (tertiary/aromatic N) is 1. The van der Waals surface area contributed by atoms with Crippen molar-refractivity contribution in [3.63, 3.8) is 0 Å². The fourth-order valence-corrected chi connectivity index (χ4v) is 2.67. The van der Waals surface area contributed by atoms with Crippen LogP contribution in [0.2, 0.25) is 5.02 Å². The molecule has 0 aliphatic rings. The number of benzene rings is 2. The molecule has 0 radical (unpaired) electrons. The van der Waals surface area contributed by atoms with Crippen molar-refractivity contribution >= 4 is 28.2 Å². The molecular weight excluding hydrogens is 256 g/mol. The summed E-state index contributed by atoms with van der Waals surface area (Å²) in [6.45, 7) is 0.876. The van der Waals surface area contributed by atoms with Crippen LogP contribution in [0.25, 0.3) is 10.9 Å². The summed E-state index contributed by atoms with van der Waals surface area (Å²) < 4.78 is 2.18. The molecule has 0 saturated heterocycles. The van der Waals surface area contributed by atoms with E-state index < -0.39 is 0 Å². The zero-order chi connectivity index (χ0) is 13.2. The highest BCUT2D eigenvalue weighted by Crippen LogP contribution is 2.26. The van der Waals surface area contributed by atoms with E-state index in [1.165, 1.54) is 11.1 Å². The molecule has 0 unspecified atom stereocenters. The molecule has 3 rings (SSSR count). The summed E-state index contributed by atoms with van der Waals surface area (Å²) in [7, 11) is 0. The van der Waals surface area contributed by atoms with Crippen LogP contribution in [0.15, 0.2) is 54.7 Å². The molecule has 19 heavy (non-hydrogen) atoms. The van der Waals surface area contributed by atoms with Gasteiger partial charge in [0.05, 0.1) is 5.02 Å². The number of aromatic nitrogens is 1. The molecule has 3 aromatic rings. The summed E-state index contributed by atoms with van der Waals surface area (Å²) in [6.07, 6.45) is 2.90. The van der Waals surface area contributed by atoms with Gasteiger partial charge in [0, 0.05) is 29.3 Å². The van der Waals surface area contributed by atoms with Gasteiger partial charge in [-0.05, 0) is 24.1 Å². The zero-order valence-corrected chi connectivity index (χ0v) is 11.3. The maximum Gasteiger partial charge on any atom is 0.0661 e. The lowest BCUT2D eigenvalue weighted by Crippen LogP contribution is -2.02. The van der Waals surface area contributed by atoms with Crippen molar-refractivity contribution in [3.05, 3.63) is 65.3 Å². The molecular formula is C16H15ClN2. The highest BCUT2D eigenvalue weighted by Gasteiger charge is 2.06. The summed E-state index contributed by atoms with van der Waals surface area (Å²) >= 11 is 6.25. The molecule has 0 saturated carbocycles. The molecule has 0 atom stereocenters. The molecule has 2 N–H and O–H groups in total. The molecule has 1 heterocycles. The molecule has 0 fully saturated rings. The van der Waals surface area contributed by atoms with Crippen molar-refractivity contribution in [3.8, 4) is 0 Å². The Hall–Kier alpha value is -1.93. The third-order valence-electron chi connectivity index (χ3n) is 3.42. The Balaban J connectivity index is 1.88. The van der Waals surface area contributed by atoms with Crippen LogP contribution in [0.1, 0.15) is 5.56 Å². The highest BCUT2D eigenvalue weighted by atomic mass is 35.5. The number of para-hydroxylation sites is 2. The van der Waals surface area contributed by atoms with Crippen LogP contribution in [0, 0.1) is 0 Å². The lowest BCUT2D eigenvalue weighted by molar-refractivity contribution is 0.724. The third-order valence-corrected chi connectivity index (χ3v) is 3.72. The number of hydrogen-bond donors (Lipinski definition) is 1. The average Bonchev–Trinajstić information content (AvgIpc) is 2.75. The minimum Gasteiger partial charge on any atom is -0.399 e. The number of nitrogens with two attached hydrogens (primary N) is 1. The quantitative estimate of drug-likeness (QED) is 0.713. The summed E-state index contributed by atoms with van der Waals surface area (Å²) in [5.41, 5.74) is 9.16. The van der Waals surface area contributed by atoms with E-state index in [4.69, 9.17) is 17.3 Å². The van der Waals surface area contributed by atoms with Gasteiger partial charge in [-0.3, -0.25) is 0 Å². The van der Waals surface area contributed by atoms with E-state index >= 15 is 0 Å². The monoisotopic (exact) mass is 270 g/mol. The first kappa shape index (κ1) is 12.1. The Morgan fingerprint density at radius 2 is 1.74 bits per heavy atom. The predicted molar refractivity (Wildman–Crippen MR) is 81.5 cm³/mol. The van der Waals surface area contributed by atoms with Crippen LogP contribution >= 0.6 is 11.6 Å². The van der Waals surface area contributed by atoms with Crippen LogP contribution in [-0.4, -0.2) is 4.57 Å². The summed E-state index contributed by atoms with van der Waals surface area (Å²) in [5.74, 6) is 0. The van der Waals surface area contributed by atoms with Crippen molar-refractivity contribution in [2.45, 2.75) is 13.0 Å². The van der Waals surface area contributed by atoms with Gasteiger partial charge >= 0.3 is 0 Å². The highest BCUT2D eigenvalue weighted by molar-refractivity contribution is 6.35. The Bertz CT molecular complexity index is 716. The number of fused-ring (bicyclic) bond motifs is 1. The fourth-order valence-electron chi connectivity index (χ4n) is 2.39. The van der Waals surface area contributed by atoms with Crippen molar-refractivity contribution in [2.75, 3.05) is 5.73 Å². The maximum absolute atomic E-state index is 6.25. The van der Waals surface area contributed by atoms with E-state index in [0.29, 0.717) is 0 Å². The molecule has 2 nitrogen and oxygen atoms in total. The van der Waals surface area contributed by atoms with Gasteiger partial charge in [-0.15, -0.1) is 0 Å². The molecule has 0 spiro atoms. The molecule has 0 amide bonds. The van der Waals surface area contributed by atoms with Crippen LogP contribution in [0.4, 0.5) is 5.69 Å². The second-order valence-corrected chi connectivity index (χ2v) is 5.04. The maximum atomic E-state index is 6.25. The summed E-state index contributed by atoms with van der Waals surface area (Å²) in [4.78, 5) is 0. The van der Waals surface area contributed by atoms with E-state index in [9.17, 15) is 0 Å². The summed E-state index contributed by atoms with van der Waals surface area (Å²) in [6, 6.07) is 16.2. The van der Waals surface area contributed by atoms with E-state index in [1.54, 1.807) is 0 Å². The Labute approximate surface area is 117 Å². The number of anilines is 1.